The van der Waals surface area contributed by atoms with Crippen LogP contribution >= 0.6 is 0 Å². The number of sulfonamides is 1. The zero-order chi connectivity index (χ0) is 15.5. The van der Waals surface area contributed by atoms with Gasteiger partial charge in [0, 0.05) is 18.8 Å². The van der Waals surface area contributed by atoms with Crippen LogP contribution in [-0.2, 0) is 32.8 Å². The second kappa shape index (κ2) is 6.43. The van der Waals surface area contributed by atoms with E-state index >= 15 is 0 Å². The molecule has 0 radical (unpaired) electrons. The Morgan fingerprint density at radius 2 is 2.00 bits per heavy atom. The molecule has 0 bridgehead atoms. The summed E-state index contributed by atoms with van der Waals surface area (Å²) in [6.07, 6.45) is 0.652. The van der Waals surface area contributed by atoms with Gasteiger partial charge in [0.1, 0.15) is 0 Å². The Balaban J connectivity index is 2.17. The molecule has 0 saturated carbocycles. The fourth-order valence-corrected chi connectivity index (χ4v) is 4.47. The van der Waals surface area contributed by atoms with Crippen molar-refractivity contribution in [1.82, 2.24) is 10.0 Å². The van der Waals surface area contributed by atoms with Crippen molar-refractivity contribution in [1.29, 1.82) is 0 Å². The molecule has 2 rings (SSSR count). The minimum absolute atomic E-state index is 0.0150. The standard InChI is InChI=1S/C13H20N2O4S2/c1-2-20(16,17)9-8-15-21(18,19)13-5-3-4-11-10-14-7-6-12(11)13/h3-5,14-15H,2,6-10H2,1H3. The molecular weight excluding hydrogens is 312 g/mol. The van der Waals surface area contributed by atoms with Crippen LogP contribution in [0.4, 0.5) is 0 Å². The fraction of sp³-hybridized carbons (Fsp3) is 0.538. The molecule has 1 aliphatic rings. The molecular formula is C13H20N2O4S2. The number of hydrogen-bond acceptors (Lipinski definition) is 5. The Morgan fingerprint density at radius 3 is 2.71 bits per heavy atom. The normalized spacial score (nSPS) is 15.7. The number of hydrogen-bond donors (Lipinski definition) is 2. The van der Waals surface area contributed by atoms with Gasteiger partial charge in [0.15, 0.2) is 9.84 Å². The number of rotatable bonds is 6. The Hall–Kier alpha value is -0.960. The zero-order valence-corrected chi connectivity index (χ0v) is 13.6. The van der Waals surface area contributed by atoms with Crippen LogP contribution in [0.5, 0.6) is 0 Å². The van der Waals surface area contributed by atoms with E-state index in [0.717, 1.165) is 17.7 Å². The SMILES string of the molecule is CCS(=O)(=O)CCNS(=O)(=O)c1cccc2c1CCNC2. The molecule has 0 amide bonds. The van der Waals surface area contributed by atoms with Crippen LogP contribution in [0, 0.1) is 0 Å². The van der Waals surface area contributed by atoms with Crippen LogP contribution in [0.1, 0.15) is 18.1 Å². The van der Waals surface area contributed by atoms with Gasteiger partial charge in [-0.15, -0.1) is 0 Å². The zero-order valence-electron chi connectivity index (χ0n) is 11.9. The van der Waals surface area contributed by atoms with E-state index in [4.69, 9.17) is 0 Å². The minimum atomic E-state index is -3.67. The number of fused-ring (bicyclic) bond motifs is 1. The molecule has 1 aromatic carbocycles. The van der Waals surface area contributed by atoms with Crippen molar-refractivity contribution in [2.24, 2.45) is 0 Å². The van der Waals surface area contributed by atoms with Crippen LogP contribution in [0.2, 0.25) is 0 Å². The summed E-state index contributed by atoms with van der Waals surface area (Å²) in [6.45, 7) is 2.84. The molecule has 1 heterocycles. The van der Waals surface area contributed by atoms with Gasteiger partial charge >= 0.3 is 0 Å². The number of nitrogens with one attached hydrogen (secondary N) is 2. The molecule has 0 aromatic heterocycles. The highest BCUT2D eigenvalue weighted by Crippen LogP contribution is 2.22. The Kier molecular flexibility index (Phi) is 5.03. The van der Waals surface area contributed by atoms with Crippen molar-refractivity contribution in [2.75, 3.05) is 24.6 Å². The first kappa shape index (κ1) is 16.4. The molecule has 0 fully saturated rings. The molecule has 8 heteroatoms. The lowest BCUT2D eigenvalue weighted by Gasteiger charge is -2.20. The summed E-state index contributed by atoms with van der Waals surface area (Å²) in [5, 5.41) is 3.20. The minimum Gasteiger partial charge on any atom is -0.312 e. The first-order valence-electron chi connectivity index (χ1n) is 6.87. The predicted octanol–water partition coefficient (Wildman–Crippen LogP) is 0.0453. The van der Waals surface area contributed by atoms with Crippen LogP contribution < -0.4 is 10.0 Å². The van der Waals surface area contributed by atoms with Crippen molar-refractivity contribution < 1.29 is 16.8 Å². The summed E-state index contributed by atoms with van der Waals surface area (Å²) in [7, 11) is -6.85. The maximum atomic E-state index is 12.4. The van der Waals surface area contributed by atoms with Gasteiger partial charge in [-0.05, 0) is 30.2 Å². The Morgan fingerprint density at radius 1 is 1.24 bits per heavy atom. The van der Waals surface area contributed by atoms with Gasteiger partial charge in [-0.1, -0.05) is 19.1 Å². The van der Waals surface area contributed by atoms with E-state index in [1.54, 1.807) is 19.1 Å². The first-order valence-corrected chi connectivity index (χ1v) is 10.2. The maximum absolute atomic E-state index is 12.4. The monoisotopic (exact) mass is 332 g/mol. The van der Waals surface area contributed by atoms with E-state index < -0.39 is 19.9 Å². The van der Waals surface area contributed by atoms with Crippen LogP contribution in [0.25, 0.3) is 0 Å². The summed E-state index contributed by atoms with van der Waals surface area (Å²) in [5.74, 6) is -0.166. The van der Waals surface area contributed by atoms with Gasteiger partial charge in [-0.3, -0.25) is 0 Å². The molecule has 2 N–H and O–H groups in total. The molecule has 0 atom stereocenters. The van der Waals surface area contributed by atoms with Crippen molar-refractivity contribution >= 4 is 19.9 Å². The molecule has 6 nitrogen and oxygen atoms in total. The largest absolute Gasteiger partial charge is 0.312 e. The molecule has 0 aliphatic carbocycles. The average Bonchev–Trinajstić information content (AvgIpc) is 2.46. The van der Waals surface area contributed by atoms with Crippen LogP contribution in [0.3, 0.4) is 0 Å². The highest BCUT2D eigenvalue weighted by molar-refractivity contribution is 7.91. The van der Waals surface area contributed by atoms with E-state index in [1.165, 1.54) is 0 Å². The quantitative estimate of drug-likeness (QED) is 0.768. The highest BCUT2D eigenvalue weighted by Gasteiger charge is 2.22. The van der Waals surface area contributed by atoms with Crippen LogP contribution in [-0.4, -0.2) is 41.4 Å². The Bertz CT molecular complexity index is 712. The third kappa shape index (κ3) is 4.03. The van der Waals surface area contributed by atoms with Gasteiger partial charge < -0.3 is 5.32 Å². The third-order valence-corrected chi connectivity index (χ3v) is 6.78. The molecule has 118 valence electrons. The molecule has 1 aromatic rings. The second-order valence-electron chi connectivity index (χ2n) is 4.95. The van der Waals surface area contributed by atoms with E-state index in [0.29, 0.717) is 13.0 Å². The van der Waals surface area contributed by atoms with Crippen molar-refractivity contribution in [3.05, 3.63) is 29.3 Å². The van der Waals surface area contributed by atoms with Crippen molar-refractivity contribution in [2.45, 2.75) is 24.8 Å². The lowest BCUT2D eigenvalue weighted by atomic mass is 10.0. The highest BCUT2D eigenvalue weighted by atomic mass is 32.2. The van der Waals surface area contributed by atoms with Gasteiger partial charge in [0.05, 0.1) is 10.6 Å². The lowest BCUT2D eigenvalue weighted by Crippen LogP contribution is -2.32. The number of sulfone groups is 1. The summed E-state index contributed by atoms with van der Waals surface area (Å²) in [6, 6.07) is 5.19. The Labute approximate surface area is 125 Å². The third-order valence-electron chi connectivity index (χ3n) is 3.53. The molecule has 21 heavy (non-hydrogen) atoms. The number of benzene rings is 1. The molecule has 0 unspecified atom stereocenters. The summed E-state index contributed by atoms with van der Waals surface area (Å²) in [5.41, 5.74) is 1.80. The molecule has 1 aliphatic heterocycles. The summed E-state index contributed by atoms with van der Waals surface area (Å²) < 4.78 is 49.9. The lowest BCUT2D eigenvalue weighted by molar-refractivity contribution is 0.576. The topological polar surface area (TPSA) is 92.3 Å². The van der Waals surface area contributed by atoms with E-state index in [-0.39, 0.29) is 22.9 Å². The maximum Gasteiger partial charge on any atom is 0.240 e. The summed E-state index contributed by atoms with van der Waals surface area (Å²) in [4.78, 5) is 0.260. The van der Waals surface area contributed by atoms with Gasteiger partial charge in [-0.2, -0.15) is 0 Å². The van der Waals surface area contributed by atoms with E-state index in [2.05, 4.69) is 10.0 Å². The fourth-order valence-electron chi connectivity index (χ4n) is 2.30. The predicted molar refractivity (Wildman–Crippen MR) is 81.4 cm³/mol. The first-order chi connectivity index (χ1) is 9.86. The second-order valence-corrected chi connectivity index (χ2v) is 9.16. The van der Waals surface area contributed by atoms with E-state index in [9.17, 15) is 16.8 Å². The average molecular weight is 332 g/mol. The van der Waals surface area contributed by atoms with Gasteiger partial charge in [-0.25, -0.2) is 21.6 Å². The van der Waals surface area contributed by atoms with Gasteiger partial charge in [0.2, 0.25) is 10.0 Å². The van der Waals surface area contributed by atoms with Gasteiger partial charge in [0.25, 0.3) is 0 Å². The molecule has 0 saturated heterocycles. The summed E-state index contributed by atoms with van der Waals surface area (Å²) >= 11 is 0. The molecule has 0 spiro atoms. The van der Waals surface area contributed by atoms with E-state index in [1.807, 2.05) is 6.07 Å². The smallest absolute Gasteiger partial charge is 0.240 e. The van der Waals surface area contributed by atoms with Crippen LogP contribution in [0.15, 0.2) is 23.1 Å². The van der Waals surface area contributed by atoms with Crippen molar-refractivity contribution in [3.63, 3.8) is 0 Å². The van der Waals surface area contributed by atoms with Crippen molar-refractivity contribution in [3.8, 4) is 0 Å².